The minimum atomic E-state index is 0. The lowest BCUT2D eigenvalue weighted by Gasteiger charge is -2.12. The van der Waals surface area contributed by atoms with Crippen molar-refractivity contribution in [1.29, 1.82) is 0 Å². The van der Waals surface area contributed by atoms with Gasteiger partial charge in [-0.05, 0) is 43.7 Å². The monoisotopic (exact) mass is 351 g/mol. The van der Waals surface area contributed by atoms with Crippen molar-refractivity contribution in [1.82, 2.24) is 5.32 Å². The fraction of sp³-hybridized carbons (Fsp3) is 0.368. The van der Waals surface area contributed by atoms with Gasteiger partial charge in [-0.1, -0.05) is 24.3 Å². The molecule has 5 heteroatoms. The lowest BCUT2D eigenvalue weighted by molar-refractivity contribution is 0.335. The van der Waals surface area contributed by atoms with E-state index >= 15 is 0 Å². The standard InChI is InChI=1S/C19H25NO3.ClH/c1-4-23-17-8-6-5-7-16(17)14-20-12-11-15-9-10-18(21-2)19(13-15)22-3;/h5-10,13,20H,4,11-12,14H2,1-3H3;1H. The van der Waals surface area contributed by atoms with Crippen molar-refractivity contribution in [2.45, 2.75) is 19.9 Å². The van der Waals surface area contributed by atoms with Crippen molar-refractivity contribution in [3.63, 3.8) is 0 Å². The molecule has 0 bridgehead atoms. The van der Waals surface area contributed by atoms with Crippen LogP contribution in [0.1, 0.15) is 18.1 Å². The van der Waals surface area contributed by atoms with E-state index < -0.39 is 0 Å². The van der Waals surface area contributed by atoms with Crippen LogP contribution < -0.4 is 19.5 Å². The zero-order chi connectivity index (χ0) is 16.5. The first-order valence-corrected chi connectivity index (χ1v) is 7.90. The number of rotatable bonds is 9. The van der Waals surface area contributed by atoms with E-state index in [0.29, 0.717) is 6.61 Å². The molecule has 0 heterocycles. The van der Waals surface area contributed by atoms with Gasteiger partial charge in [-0.25, -0.2) is 0 Å². The van der Waals surface area contributed by atoms with Gasteiger partial charge in [0.05, 0.1) is 20.8 Å². The second kappa shape index (κ2) is 10.8. The summed E-state index contributed by atoms with van der Waals surface area (Å²) >= 11 is 0. The minimum Gasteiger partial charge on any atom is -0.494 e. The van der Waals surface area contributed by atoms with E-state index in [0.717, 1.165) is 36.8 Å². The number of para-hydroxylation sites is 1. The van der Waals surface area contributed by atoms with E-state index in [2.05, 4.69) is 17.4 Å². The molecule has 4 nitrogen and oxygen atoms in total. The zero-order valence-corrected chi connectivity index (χ0v) is 15.3. The molecule has 0 fully saturated rings. The van der Waals surface area contributed by atoms with Crippen LogP contribution in [0.3, 0.4) is 0 Å². The third-order valence-corrected chi connectivity index (χ3v) is 3.63. The van der Waals surface area contributed by atoms with E-state index in [1.165, 1.54) is 11.1 Å². The van der Waals surface area contributed by atoms with Crippen LogP contribution in [0, 0.1) is 0 Å². The summed E-state index contributed by atoms with van der Waals surface area (Å²) in [4.78, 5) is 0. The molecule has 24 heavy (non-hydrogen) atoms. The third kappa shape index (κ3) is 5.62. The van der Waals surface area contributed by atoms with Gasteiger partial charge in [0, 0.05) is 12.1 Å². The highest BCUT2D eigenvalue weighted by molar-refractivity contribution is 5.85. The van der Waals surface area contributed by atoms with E-state index in [-0.39, 0.29) is 12.4 Å². The second-order valence-electron chi connectivity index (χ2n) is 5.16. The summed E-state index contributed by atoms with van der Waals surface area (Å²) in [6.07, 6.45) is 0.928. The molecule has 2 aromatic rings. The highest BCUT2D eigenvalue weighted by atomic mass is 35.5. The molecule has 0 aromatic heterocycles. The SMILES string of the molecule is CCOc1ccccc1CNCCc1ccc(OC)c(OC)c1.Cl. The van der Waals surface area contributed by atoms with Crippen LogP contribution in [0.5, 0.6) is 17.2 Å². The van der Waals surface area contributed by atoms with Gasteiger partial charge in [0.1, 0.15) is 5.75 Å². The first-order valence-electron chi connectivity index (χ1n) is 7.90. The molecule has 0 radical (unpaired) electrons. The number of benzene rings is 2. The summed E-state index contributed by atoms with van der Waals surface area (Å²) in [5.41, 5.74) is 2.40. The van der Waals surface area contributed by atoms with Gasteiger partial charge < -0.3 is 19.5 Å². The number of ether oxygens (including phenoxy) is 3. The molecule has 0 aliphatic heterocycles. The average molecular weight is 352 g/mol. The Labute approximate surface area is 150 Å². The molecule has 1 N–H and O–H groups in total. The maximum Gasteiger partial charge on any atom is 0.160 e. The molecule has 0 atom stereocenters. The molecule has 0 spiro atoms. The van der Waals surface area contributed by atoms with Crippen molar-refractivity contribution in [3.05, 3.63) is 53.6 Å². The normalized spacial score (nSPS) is 9.96. The van der Waals surface area contributed by atoms with Gasteiger partial charge in [-0.2, -0.15) is 0 Å². The lowest BCUT2D eigenvalue weighted by atomic mass is 10.1. The number of hydrogen-bond acceptors (Lipinski definition) is 4. The van der Waals surface area contributed by atoms with E-state index in [4.69, 9.17) is 14.2 Å². The second-order valence-corrected chi connectivity index (χ2v) is 5.16. The van der Waals surface area contributed by atoms with Crippen LogP contribution in [-0.2, 0) is 13.0 Å². The quantitative estimate of drug-likeness (QED) is 0.696. The van der Waals surface area contributed by atoms with Crippen LogP contribution in [0.2, 0.25) is 0 Å². The van der Waals surface area contributed by atoms with Gasteiger partial charge in [0.25, 0.3) is 0 Å². The summed E-state index contributed by atoms with van der Waals surface area (Å²) in [5.74, 6) is 2.48. The number of halogens is 1. The Morgan fingerprint density at radius 3 is 2.38 bits per heavy atom. The summed E-state index contributed by atoms with van der Waals surface area (Å²) in [5, 5.41) is 3.46. The molecule has 2 rings (SSSR count). The van der Waals surface area contributed by atoms with Crippen molar-refractivity contribution < 1.29 is 14.2 Å². The summed E-state index contributed by atoms with van der Waals surface area (Å²) < 4.78 is 16.2. The Balaban J connectivity index is 0.00000288. The molecule has 2 aromatic carbocycles. The predicted octanol–water partition coefficient (Wildman–Crippen LogP) is 3.86. The third-order valence-electron chi connectivity index (χ3n) is 3.63. The van der Waals surface area contributed by atoms with Gasteiger partial charge in [0.2, 0.25) is 0 Å². The van der Waals surface area contributed by atoms with Crippen molar-refractivity contribution in [2.75, 3.05) is 27.4 Å². The molecule has 0 saturated heterocycles. The Bertz CT molecular complexity index is 619. The number of nitrogens with one attached hydrogen (secondary N) is 1. The largest absolute Gasteiger partial charge is 0.494 e. The van der Waals surface area contributed by atoms with Crippen LogP contribution in [0.25, 0.3) is 0 Å². The van der Waals surface area contributed by atoms with E-state index in [9.17, 15) is 0 Å². The molecule has 0 unspecified atom stereocenters. The first-order chi connectivity index (χ1) is 11.3. The maximum atomic E-state index is 5.64. The van der Waals surface area contributed by atoms with Crippen LogP contribution in [-0.4, -0.2) is 27.4 Å². The highest BCUT2D eigenvalue weighted by Crippen LogP contribution is 2.27. The number of methoxy groups -OCH3 is 2. The van der Waals surface area contributed by atoms with Gasteiger partial charge >= 0.3 is 0 Å². The van der Waals surface area contributed by atoms with Gasteiger partial charge in [-0.3, -0.25) is 0 Å². The lowest BCUT2D eigenvalue weighted by Crippen LogP contribution is -2.17. The van der Waals surface area contributed by atoms with Crippen LogP contribution in [0.15, 0.2) is 42.5 Å². The topological polar surface area (TPSA) is 39.7 Å². The smallest absolute Gasteiger partial charge is 0.160 e. The molecule has 0 saturated carbocycles. The highest BCUT2D eigenvalue weighted by Gasteiger charge is 2.05. The molecule has 132 valence electrons. The molecular weight excluding hydrogens is 326 g/mol. The molecule has 0 aliphatic rings. The molecule has 0 aliphatic carbocycles. The fourth-order valence-electron chi connectivity index (χ4n) is 2.44. The summed E-state index contributed by atoms with van der Waals surface area (Å²) in [7, 11) is 3.31. The van der Waals surface area contributed by atoms with E-state index in [1.807, 2.05) is 37.3 Å². The van der Waals surface area contributed by atoms with Crippen molar-refractivity contribution in [3.8, 4) is 17.2 Å². The Kier molecular flexibility index (Phi) is 9.05. The van der Waals surface area contributed by atoms with Crippen molar-refractivity contribution >= 4 is 12.4 Å². The minimum absolute atomic E-state index is 0. The number of hydrogen-bond donors (Lipinski definition) is 1. The predicted molar refractivity (Wildman–Crippen MR) is 99.8 cm³/mol. The fourth-order valence-corrected chi connectivity index (χ4v) is 2.44. The molecule has 0 amide bonds. The summed E-state index contributed by atoms with van der Waals surface area (Å²) in [6, 6.07) is 14.2. The van der Waals surface area contributed by atoms with Crippen LogP contribution >= 0.6 is 12.4 Å². The Hall–Kier alpha value is -1.91. The van der Waals surface area contributed by atoms with Crippen molar-refractivity contribution in [2.24, 2.45) is 0 Å². The summed E-state index contributed by atoms with van der Waals surface area (Å²) in [6.45, 7) is 4.36. The first kappa shape index (κ1) is 20.1. The average Bonchev–Trinajstić information content (AvgIpc) is 2.60. The Morgan fingerprint density at radius 2 is 1.67 bits per heavy atom. The maximum absolute atomic E-state index is 5.64. The van der Waals surface area contributed by atoms with Gasteiger partial charge in [-0.15, -0.1) is 12.4 Å². The van der Waals surface area contributed by atoms with Crippen LogP contribution in [0.4, 0.5) is 0 Å². The zero-order valence-electron chi connectivity index (χ0n) is 14.5. The Morgan fingerprint density at radius 1 is 0.917 bits per heavy atom. The van der Waals surface area contributed by atoms with E-state index in [1.54, 1.807) is 14.2 Å². The molecular formula is C19H26ClNO3. The van der Waals surface area contributed by atoms with Gasteiger partial charge in [0.15, 0.2) is 11.5 Å².